The van der Waals surface area contributed by atoms with E-state index in [1.807, 2.05) is 0 Å². The van der Waals surface area contributed by atoms with Gasteiger partial charge < -0.3 is 5.11 Å². The molecule has 0 aliphatic heterocycles. The molecule has 0 unspecified atom stereocenters. The van der Waals surface area contributed by atoms with Crippen LogP contribution in [-0.4, -0.2) is 19.6 Å². The van der Waals surface area contributed by atoms with Crippen LogP contribution in [0.1, 0.15) is 44.1 Å². The van der Waals surface area contributed by atoms with Crippen molar-refractivity contribution in [3.8, 4) is 0 Å². The SMILES string of the molecule is O=S(=O)(NC1CCCCCC1)c1cc(Br)cc(CO)c1F. The summed E-state index contributed by atoms with van der Waals surface area (Å²) in [6, 6.07) is 2.46. The van der Waals surface area contributed by atoms with Crippen LogP contribution in [0.4, 0.5) is 4.39 Å². The number of sulfonamides is 1. The zero-order valence-electron chi connectivity index (χ0n) is 11.6. The summed E-state index contributed by atoms with van der Waals surface area (Å²) in [6.07, 6.45) is 5.74. The smallest absolute Gasteiger partial charge is 0.243 e. The van der Waals surface area contributed by atoms with E-state index in [4.69, 9.17) is 5.11 Å². The summed E-state index contributed by atoms with van der Waals surface area (Å²) in [5.74, 6) is -0.887. The van der Waals surface area contributed by atoms with Crippen LogP contribution in [0.2, 0.25) is 0 Å². The Hall–Kier alpha value is -0.500. The first-order valence-corrected chi connectivity index (χ1v) is 9.33. The maximum Gasteiger partial charge on any atom is 0.243 e. The zero-order chi connectivity index (χ0) is 15.5. The molecule has 1 saturated carbocycles. The molecule has 1 aromatic rings. The second kappa shape index (κ2) is 7.17. The molecule has 1 aliphatic carbocycles. The highest BCUT2D eigenvalue weighted by atomic mass is 79.9. The van der Waals surface area contributed by atoms with E-state index >= 15 is 0 Å². The van der Waals surface area contributed by atoms with E-state index in [9.17, 15) is 12.8 Å². The topological polar surface area (TPSA) is 66.4 Å². The third-order valence-corrected chi connectivity index (χ3v) is 5.69. The molecule has 7 heteroatoms. The van der Waals surface area contributed by atoms with Gasteiger partial charge in [-0.05, 0) is 25.0 Å². The van der Waals surface area contributed by atoms with Crippen LogP contribution in [0.25, 0.3) is 0 Å². The van der Waals surface area contributed by atoms with Gasteiger partial charge in [0.1, 0.15) is 10.7 Å². The van der Waals surface area contributed by atoms with Gasteiger partial charge in [0.05, 0.1) is 6.61 Å². The fourth-order valence-electron chi connectivity index (χ4n) is 2.61. The van der Waals surface area contributed by atoms with Crippen molar-refractivity contribution < 1.29 is 17.9 Å². The molecule has 1 aromatic carbocycles. The summed E-state index contributed by atoms with van der Waals surface area (Å²) in [4.78, 5) is -0.412. The third kappa shape index (κ3) is 4.25. The quantitative estimate of drug-likeness (QED) is 0.789. The molecule has 0 aromatic heterocycles. The highest BCUT2D eigenvalue weighted by Gasteiger charge is 2.25. The minimum Gasteiger partial charge on any atom is -0.392 e. The van der Waals surface area contributed by atoms with Gasteiger partial charge in [-0.25, -0.2) is 17.5 Å². The van der Waals surface area contributed by atoms with Crippen LogP contribution in [0.5, 0.6) is 0 Å². The first kappa shape index (κ1) is 16.9. The summed E-state index contributed by atoms with van der Waals surface area (Å²) in [6.45, 7) is -0.544. The first-order chi connectivity index (χ1) is 9.94. The molecule has 0 amide bonds. The number of rotatable bonds is 4. The number of benzene rings is 1. The van der Waals surface area contributed by atoms with E-state index in [1.165, 1.54) is 12.1 Å². The molecule has 0 saturated heterocycles. The predicted octanol–water partition coefficient (Wildman–Crippen LogP) is 3.08. The molecule has 0 heterocycles. The van der Waals surface area contributed by atoms with Crippen molar-refractivity contribution in [3.63, 3.8) is 0 Å². The second-order valence-corrected chi connectivity index (χ2v) is 7.94. The van der Waals surface area contributed by atoms with Crippen LogP contribution in [0, 0.1) is 5.82 Å². The van der Waals surface area contributed by atoms with Gasteiger partial charge in [0.25, 0.3) is 0 Å². The molecular formula is C14H19BrFNO3S. The lowest BCUT2D eigenvalue weighted by Crippen LogP contribution is -2.35. The van der Waals surface area contributed by atoms with Crippen LogP contribution >= 0.6 is 15.9 Å². The minimum atomic E-state index is -3.93. The molecule has 2 rings (SSSR count). The minimum absolute atomic E-state index is 0.0365. The highest BCUT2D eigenvalue weighted by molar-refractivity contribution is 9.10. The Morgan fingerprint density at radius 1 is 1.24 bits per heavy atom. The number of hydrogen-bond donors (Lipinski definition) is 2. The van der Waals surface area contributed by atoms with Crippen molar-refractivity contribution in [2.24, 2.45) is 0 Å². The first-order valence-electron chi connectivity index (χ1n) is 7.05. The van der Waals surface area contributed by atoms with Crippen LogP contribution in [0.3, 0.4) is 0 Å². The number of aliphatic hydroxyl groups excluding tert-OH is 1. The van der Waals surface area contributed by atoms with Crippen molar-refractivity contribution in [2.45, 2.75) is 56.1 Å². The highest BCUT2D eigenvalue weighted by Crippen LogP contribution is 2.26. The van der Waals surface area contributed by atoms with E-state index in [1.54, 1.807) is 0 Å². The molecule has 1 aliphatic rings. The molecule has 0 bridgehead atoms. The largest absolute Gasteiger partial charge is 0.392 e. The Morgan fingerprint density at radius 2 is 1.86 bits per heavy atom. The van der Waals surface area contributed by atoms with E-state index in [0.717, 1.165) is 38.5 Å². The maximum absolute atomic E-state index is 14.2. The van der Waals surface area contributed by atoms with Gasteiger partial charge >= 0.3 is 0 Å². The Labute approximate surface area is 132 Å². The lowest BCUT2D eigenvalue weighted by Gasteiger charge is -2.17. The predicted molar refractivity (Wildman–Crippen MR) is 81.8 cm³/mol. The van der Waals surface area contributed by atoms with Crippen molar-refractivity contribution in [3.05, 3.63) is 28.0 Å². The van der Waals surface area contributed by atoms with E-state index < -0.39 is 27.3 Å². The standard InChI is InChI=1S/C14H19BrFNO3S/c15-11-7-10(9-18)14(16)13(8-11)21(19,20)17-12-5-3-1-2-4-6-12/h7-8,12,17-18H,1-6,9H2. The van der Waals surface area contributed by atoms with Crippen molar-refractivity contribution in [1.82, 2.24) is 4.72 Å². The summed E-state index contributed by atoms with van der Waals surface area (Å²) in [5, 5.41) is 9.12. The second-order valence-electron chi connectivity index (χ2n) is 5.34. The van der Waals surface area contributed by atoms with E-state index in [-0.39, 0.29) is 11.6 Å². The summed E-state index contributed by atoms with van der Waals surface area (Å²) in [5.41, 5.74) is -0.0365. The Balaban J connectivity index is 2.28. The van der Waals surface area contributed by atoms with Gasteiger partial charge in [0, 0.05) is 16.1 Å². The molecule has 4 nitrogen and oxygen atoms in total. The van der Waals surface area contributed by atoms with Gasteiger partial charge in [-0.3, -0.25) is 0 Å². The Kier molecular flexibility index (Phi) is 5.76. The number of nitrogens with one attached hydrogen (secondary N) is 1. The molecule has 21 heavy (non-hydrogen) atoms. The summed E-state index contributed by atoms with van der Waals surface area (Å²) in [7, 11) is -3.93. The monoisotopic (exact) mass is 379 g/mol. The fourth-order valence-corrected chi connectivity index (χ4v) is 4.72. The number of aliphatic hydroxyl groups is 1. The Bertz CT molecular complexity index is 598. The average Bonchev–Trinajstić information content (AvgIpc) is 2.68. The van der Waals surface area contributed by atoms with E-state index in [0.29, 0.717) is 4.47 Å². The van der Waals surface area contributed by atoms with Gasteiger partial charge in [-0.1, -0.05) is 41.6 Å². The van der Waals surface area contributed by atoms with Gasteiger partial charge in [-0.15, -0.1) is 0 Å². The number of hydrogen-bond acceptors (Lipinski definition) is 3. The fraction of sp³-hybridized carbons (Fsp3) is 0.571. The van der Waals surface area contributed by atoms with Crippen molar-refractivity contribution in [2.75, 3.05) is 0 Å². The third-order valence-electron chi connectivity index (χ3n) is 3.72. The summed E-state index contributed by atoms with van der Waals surface area (Å²) < 4.78 is 42.0. The van der Waals surface area contributed by atoms with Crippen LogP contribution in [-0.2, 0) is 16.6 Å². The van der Waals surface area contributed by atoms with E-state index in [2.05, 4.69) is 20.7 Å². The normalized spacial score (nSPS) is 17.7. The molecule has 0 atom stereocenters. The lowest BCUT2D eigenvalue weighted by atomic mass is 10.1. The zero-order valence-corrected chi connectivity index (χ0v) is 14.0. The van der Waals surface area contributed by atoms with Crippen molar-refractivity contribution >= 4 is 26.0 Å². The van der Waals surface area contributed by atoms with Gasteiger partial charge in [0.15, 0.2) is 0 Å². The molecular weight excluding hydrogens is 361 g/mol. The molecule has 0 spiro atoms. The molecule has 0 radical (unpaired) electrons. The van der Waals surface area contributed by atoms with Crippen LogP contribution in [0.15, 0.2) is 21.5 Å². The lowest BCUT2D eigenvalue weighted by molar-refractivity contribution is 0.274. The number of halogens is 2. The van der Waals surface area contributed by atoms with Gasteiger partial charge in [0.2, 0.25) is 10.0 Å². The average molecular weight is 380 g/mol. The van der Waals surface area contributed by atoms with Crippen LogP contribution < -0.4 is 4.72 Å². The summed E-state index contributed by atoms with van der Waals surface area (Å²) >= 11 is 3.15. The van der Waals surface area contributed by atoms with Crippen molar-refractivity contribution in [1.29, 1.82) is 0 Å². The maximum atomic E-state index is 14.2. The Morgan fingerprint density at radius 3 is 2.43 bits per heavy atom. The molecule has 118 valence electrons. The molecule has 2 N–H and O–H groups in total. The van der Waals surface area contributed by atoms with Gasteiger partial charge in [-0.2, -0.15) is 0 Å². The molecule has 1 fully saturated rings.